The first kappa shape index (κ1) is 13.5. The molecule has 1 saturated carbocycles. The minimum absolute atomic E-state index is 0.726. The van der Waals surface area contributed by atoms with E-state index in [0.717, 1.165) is 24.3 Å². The van der Waals surface area contributed by atoms with Crippen LogP contribution in [-0.2, 0) is 0 Å². The highest BCUT2D eigenvalue weighted by molar-refractivity contribution is 7.99. The largest absolute Gasteiger partial charge is 0.316 e. The highest BCUT2D eigenvalue weighted by atomic mass is 32.2. The SMILES string of the molecule is CC1CCC(CNCC2CSc3ccccc32)CC1. The number of hydrogen-bond acceptors (Lipinski definition) is 2. The van der Waals surface area contributed by atoms with Gasteiger partial charge < -0.3 is 5.32 Å². The van der Waals surface area contributed by atoms with Crippen LogP contribution in [0.3, 0.4) is 0 Å². The van der Waals surface area contributed by atoms with Gasteiger partial charge in [0.1, 0.15) is 0 Å². The summed E-state index contributed by atoms with van der Waals surface area (Å²) in [5.41, 5.74) is 1.57. The van der Waals surface area contributed by atoms with Crippen molar-refractivity contribution >= 4 is 11.8 Å². The van der Waals surface area contributed by atoms with Crippen LogP contribution in [0.25, 0.3) is 0 Å². The second kappa shape index (κ2) is 6.32. The molecule has 1 nitrogen and oxygen atoms in total. The molecule has 2 aliphatic rings. The number of fused-ring (bicyclic) bond motifs is 1. The molecule has 104 valence electrons. The number of thioether (sulfide) groups is 1. The number of rotatable bonds is 4. The predicted molar refractivity (Wildman–Crippen MR) is 83.9 cm³/mol. The molecule has 2 heteroatoms. The zero-order valence-corrected chi connectivity index (χ0v) is 12.7. The molecule has 19 heavy (non-hydrogen) atoms. The summed E-state index contributed by atoms with van der Waals surface area (Å²) in [6, 6.07) is 8.91. The van der Waals surface area contributed by atoms with Gasteiger partial charge in [-0.25, -0.2) is 0 Å². The van der Waals surface area contributed by atoms with E-state index in [4.69, 9.17) is 0 Å². The lowest BCUT2D eigenvalue weighted by atomic mass is 9.83. The molecule has 0 aromatic heterocycles. The van der Waals surface area contributed by atoms with Crippen LogP contribution >= 0.6 is 11.8 Å². The molecule has 1 aromatic carbocycles. The molecule has 1 fully saturated rings. The summed E-state index contributed by atoms with van der Waals surface area (Å²) >= 11 is 2.02. The topological polar surface area (TPSA) is 12.0 Å². The molecule has 1 unspecified atom stereocenters. The molecule has 3 rings (SSSR count). The lowest BCUT2D eigenvalue weighted by Crippen LogP contribution is -2.29. The van der Waals surface area contributed by atoms with Crippen molar-refractivity contribution in [2.45, 2.75) is 43.4 Å². The molecular weight excluding hydrogens is 250 g/mol. The first-order valence-corrected chi connectivity index (χ1v) is 8.74. The van der Waals surface area contributed by atoms with Gasteiger partial charge in [-0.05, 0) is 42.9 Å². The lowest BCUT2D eigenvalue weighted by Gasteiger charge is -2.26. The Bertz CT molecular complexity index is 409. The van der Waals surface area contributed by atoms with Gasteiger partial charge in [0.15, 0.2) is 0 Å². The summed E-state index contributed by atoms with van der Waals surface area (Å²) in [5, 5.41) is 3.74. The molecule has 1 atom stereocenters. The van der Waals surface area contributed by atoms with Gasteiger partial charge >= 0.3 is 0 Å². The van der Waals surface area contributed by atoms with Crippen LogP contribution < -0.4 is 5.32 Å². The highest BCUT2D eigenvalue weighted by Crippen LogP contribution is 2.38. The number of benzene rings is 1. The average molecular weight is 275 g/mol. The van der Waals surface area contributed by atoms with Crippen molar-refractivity contribution in [2.24, 2.45) is 11.8 Å². The molecule has 0 bridgehead atoms. The Morgan fingerprint density at radius 1 is 1.11 bits per heavy atom. The Morgan fingerprint density at radius 3 is 2.74 bits per heavy atom. The lowest BCUT2D eigenvalue weighted by molar-refractivity contribution is 0.281. The normalized spacial score (nSPS) is 30.3. The first-order chi connectivity index (χ1) is 9.33. The summed E-state index contributed by atoms with van der Waals surface area (Å²) in [6.45, 7) is 4.79. The maximum atomic E-state index is 3.74. The summed E-state index contributed by atoms with van der Waals surface area (Å²) in [6.07, 6.45) is 5.75. The van der Waals surface area contributed by atoms with Crippen LogP contribution in [0.2, 0.25) is 0 Å². The fourth-order valence-electron chi connectivity index (χ4n) is 3.39. The Hall–Kier alpha value is -0.470. The third-order valence-electron chi connectivity index (χ3n) is 4.76. The molecular formula is C17H25NS. The smallest absolute Gasteiger partial charge is 0.0108 e. The fourth-order valence-corrected chi connectivity index (χ4v) is 4.65. The standard InChI is InChI=1S/C17H25NS/c1-13-6-8-14(9-7-13)10-18-11-15-12-19-17-5-3-2-4-16(15)17/h2-5,13-15,18H,6-12H2,1H3. The summed E-state index contributed by atoms with van der Waals surface area (Å²) in [5.74, 6) is 3.88. The van der Waals surface area contributed by atoms with Crippen LogP contribution in [0.4, 0.5) is 0 Å². The van der Waals surface area contributed by atoms with Gasteiger partial charge in [0.05, 0.1) is 0 Å². The van der Waals surface area contributed by atoms with Gasteiger partial charge in [0.2, 0.25) is 0 Å². The Labute approximate surface area is 121 Å². The minimum atomic E-state index is 0.726. The van der Waals surface area contributed by atoms with Gasteiger partial charge in [0, 0.05) is 23.1 Å². The van der Waals surface area contributed by atoms with Gasteiger partial charge in [-0.2, -0.15) is 0 Å². The van der Waals surface area contributed by atoms with Crippen molar-refractivity contribution in [1.29, 1.82) is 0 Å². The first-order valence-electron chi connectivity index (χ1n) is 7.75. The monoisotopic (exact) mass is 275 g/mol. The Kier molecular flexibility index (Phi) is 4.49. The zero-order valence-electron chi connectivity index (χ0n) is 11.9. The second-order valence-electron chi connectivity index (χ2n) is 6.33. The second-order valence-corrected chi connectivity index (χ2v) is 7.39. The molecule has 0 spiro atoms. The van der Waals surface area contributed by atoms with Crippen molar-refractivity contribution in [1.82, 2.24) is 5.32 Å². The molecule has 0 radical (unpaired) electrons. The van der Waals surface area contributed by atoms with Crippen LogP contribution in [0.15, 0.2) is 29.2 Å². The van der Waals surface area contributed by atoms with Crippen molar-refractivity contribution in [3.05, 3.63) is 29.8 Å². The average Bonchev–Trinajstić information content (AvgIpc) is 2.85. The molecule has 1 aliphatic carbocycles. The predicted octanol–water partition coefficient (Wildman–Crippen LogP) is 4.29. The van der Waals surface area contributed by atoms with Crippen LogP contribution in [0.1, 0.15) is 44.1 Å². The van der Waals surface area contributed by atoms with E-state index in [1.807, 2.05) is 11.8 Å². The van der Waals surface area contributed by atoms with E-state index in [9.17, 15) is 0 Å². The molecule has 0 saturated heterocycles. The van der Waals surface area contributed by atoms with Gasteiger partial charge in [-0.3, -0.25) is 0 Å². The van der Waals surface area contributed by atoms with Crippen molar-refractivity contribution < 1.29 is 0 Å². The molecule has 1 aromatic rings. The third kappa shape index (κ3) is 3.35. The highest BCUT2D eigenvalue weighted by Gasteiger charge is 2.23. The Balaban J connectivity index is 1.44. The molecule has 0 amide bonds. The van der Waals surface area contributed by atoms with E-state index in [0.29, 0.717) is 0 Å². The quantitative estimate of drug-likeness (QED) is 0.879. The van der Waals surface area contributed by atoms with Crippen molar-refractivity contribution in [2.75, 3.05) is 18.8 Å². The third-order valence-corrected chi connectivity index (χ3v) is 6.01. The van der Waals surface area contributed by atoms with Crippen LogP contribution in [0, 0.1) is 11.8 Å². The number of nitrogens with one attached hydrogen (secondary N) is 1. The maximum Gasteiger partial charge on any atom is 0.0108 e. The summed E-state index contributed by atoms with van der Waals surface area (Å²) in [7, 11) is 0. The van der Waals surface area contributed by atoms with Crippen LogP contribution in [0.5, 0.6) is 0 Å². The van der Waals surface area contributed by atoms with Crippen molar-refractivity contribution in [3.8, 4) is 0 Å². The van der Waals surface area contributed by atoms with Gasteiger partial charge in [0.25, 0.3) is 0 Å². The Morgan fingerprint density at radius 2 is 1.89 bits per heavy atom. The van der Waals surface area contributed by atoms with Crippen molar-refractivity contribution in [3.63, 3.8) is 0 Å². The molecule has 1 heterocycles. The van der Waals surface area contributed by atoms with E-state index in [1.165, 1.54) is 42.9 Å². The number of hydrogen-bond donors (Lipinski definition) is 1. The van der Waals surface area contributed by atoms with Crippen LogP contribution in [-0.4, -0.2) is 18.8 Å². The van der Waals surface area contributed by atoms with E-state index < -0.39 is 0 Å². The van der Waals surface area contributed by atoms with E-state index in [1.54, 1.807) is 5.56 Å². The summed E-state index contributed by atoms with van der Waals surface area (Å²) < 4.78 is 0. The van der Waals surface area contributed by atoms with E-state index in [-0.39, 0.29) is 0 Å². The zero-order chi connectivity index (χ0) is 13.1. The van der Waals surface area contributed by atoms with E-state index >= 15 is 0 Å². The molecule has 1 aliphatic heterocycles. The fraction of sp³-hybridized carbons (Fsp3) is 0.647. The van der Waals surface area contributed by atoms with Gasteiger partial charge in [-0.15, -0.1) is 11.8 Å². The molecule has 1 N–H and O–H groups in total. The maximum absolute atomic E-state index is 3.74. The minimum Gasteiger partial charge on any atom is -0.316 e. The van der Waals surface area contributed by atoms with E-state index in [2.05, 4.69) is 36.5 Å². The summed E-state index contributed by atoms with van der Waals surface area (Å²) in [4.78, 5) is 1.50. The van der Waals surface area contributed by atoms with Gasteiger partial charge in [-0.1, -0.05) is 38.0 Å².